The third kappa shape index (κ3) is 5.01. The second kappa shape index (κ2) is 9.36. The van der Waals surface area contributed by atoms with Crippen LogP contribution >= 0.6 is 0 Å². The molecule has 2 aromatic rings. The fourth-order valence-electron chi connectivity index (χ4n) is 4.09. The Labute approximate surface area is 165 Å². The molecule has 8 heteroatoms. The molecule has 0 aromatic carbocycles. The van der Waals surface area contributed by atoms with Crippen molar-refractivity contribution >= 4 is 5.91 Å². The summed E-state index contributed by atoms with van der Waals surface area (Å²) in [6, 6.07) is 3.70. The van der Waals surface area contributed by atoms with Crippen LogP contribution in [0.1, 0.15) is 35.8 Å². The van der Waals surface area contributed by atoms with E-state index in [0.717, 1.165) is 64.5 Å². The van der Waals surface area contributed by atoms with Gasteiger partial charge in [0.1, 0.15) is 5.76 Å². The van der Waals surface area contributed by atoms with Gasteiger partial charge in [0, 0.05) is 43.4 Å². The number of carbonyl (C=O) groups excluding carboxylic acids is 1. The van der Waals surface area contributed by atoms with E-state index >= 15 is 0 Å². The van der Waals surface area contributed by atoms with Gasteiger partial charge in [-0.15, -0.1) is 0 Å². The van der Waals surface area contributed by atoms with E-state index in [0.29, 0.717) is 19.0 Å². The average Bonchev–Trinajstić information content (AvgIpc) is 3.39. The largest absolute Gasteiger partial charge is 0.467 e. The summed E-state index contributed by atoms with van der Waals surface area (Å²) in [7, 11) is 0. The number of amides is 1. The molecule has 152 valence electrons. The molecule has 4 rings (SSSR count). The van der Waals surface area contributed by atoms with Crippen molar-refractivity contribution in [1.82, 2.24) is 25.3 Å². The van der Waals surface area contributed by atoms with Crippen LogP contribution in [-0.4, -0.2) is 71.8 Å². The van der Waals surface area contributed by atoms with Gasteiger partial charge in [-0.25, -0.2) is 0 Å². The molecule has 2 aliphatic heterocycles. The fourth-order valence-corrected chi connectivity index (χ4v) is 4.09. The minimum atomic E-state index is 0.0372. The summed E-state index contributed by atoms with van der Waals surface area (Å²) in [6.07, 6.45) is 5.80. The maximum absolute atomic E-state index is 12.3. The van der Waals surface area contributed by atoms with Crippen molar-refractivity contribution in [3.8, 4) is 0 Å². The molecule has 0 aliphatic carbocycles. The molecular weight excluding hydrogens is 358 g/mol. The highest BCUT2D eigenvalue weighted by atomic mass is 16.5. The molecule has 2 N–H and O–H groups in total. The lowest BCUT2D eigenvalue weighted by Crippen LogP contribution is -2.42. The number of rotatable bonds is 7. The third-order valence-corrected chi connectivity index (χ3v) is 5.57. The highest BCUT2D eigenvalue weighted by molar-refractivity contribution is 5.77. The predicted molar refractivity (Wildman–Crippen MR) is 104 cm³/mol. The molecule has 0 radical (unpaired) electrons. The van der Waals surface area contributed by atoms with Crippen LogP contribution in [0.25, 0.3) is 0 Å². The first kappa shape index (κ1) is 19.2. The number of furan rings is 1. The van der Waals surface area contributed by atoms with Crippen molar-refractivity contribution in [2.24, 2.45) is 0 Å². The van der Waals surface area contributed by atoms with E-state index in [2.05, 4.69) is 25.3 Å². The van der Waals surface area contributed by atoms with Gasteiger partial charge in [-0.1, -0.05) is 0 Å². The first-order chi connectivity index (χ1) is 13.8. The lowest BCUT2D eigenvalue weighted by atomic mass is 9.92. The quantitative estimate of drug-likeness (QED) is 0.745. The van der Waals surface area contributed by atoms with Gasteiger partial charge in [0.25, 0.3) is 0 Å². The minimum absolute atomic E-state index is 0.0372. The number of ether oxygens (including phenoxy) is 1. The molecule has 1 amide bonds. The van der Waals surface area contributed by atoms with E-state index in [1.54, 1.807) is 6.26 Å². The Morgan fingerprint density at radius 1 is 1.29 bits per heavy atom. The fraction of sp³-hybridized carbons (Fsp3) is 0.600. The maximum atomic E-state index is 12.3. The number of piperidine rings is 1. The van der Waals surface area contributed by atoms with Crippen LogP contribution in [0.2, 0.25) is 0 Å². The SMILES string of the molecule is O=C(CN1CCCC(c2[nH]ncc2CN2CCOCC2)C1)NCc1ccco1. The van der Waals surface area contributed by atoms with Crippen LogP contribution in [0.3, 0.4) is 0 Å². The number of aromatic amines is 1. The zero-order valence-electron chi connectivity index (χ0n) is 16.2. The van der Waals surface area contributed by atoms with Gasteiger partial charge < -0.3 is 14.5 Å². The highest BCUT2D eigenvalue weighted by Crippen LogP contribution is 2.28. The standard InChI is InChI=1S/C20H29N5O3/c26-19(21-12-18-4-2-8-28-18)15-25-5-1-3-16(13-25)20-17(11-22-23-20)14-24-6-9-27-10-7-24/h2,4,8,11,16H,1,3,5-7,9-10,12-15H2,(H,21,26)(H,22,23). The normalized spacial score (nSPS) is 21.6. The number of nitrogens with one attached hydrogen (secondary N) is 2. The number of hydrogen-bond acceptors (Lipinski definition) is 6. The summed E-state index contributed by atoms with van der Waals surface area (Å²) < 4.78 is 10.7. The van der Waals surface area contributed by atoms with Gasteiger partial charge in [0.2, 0.25) is 5.91 Å². The summed E-state index contributed by atoms with van der Waals surface area (Å²) in [5.74, 6) is 1.20. The van der Waals surface area contributed by atoms with Crippen molar-refractivity contribution in [1.29, 1.82) is 0 Å². The van der Waals surface area contributed by atoms with Crippen molar-refractivity contribution in [3.05, 3.63) is 41.6 Å². The van der Waals surface area contributed by atoms with Gasteiger partial charge >= 0.3 is 0 Å². The van der Waals surface area contributed by atoms with E-state index < -0.39 is 0 Å². The average molecular weight is 387 g/mol. The van der Waals surface area contributed by atoms with Crippen molar-refractivity contribution in [3.63, 3.8) is 0 Å². The first-order valence-corrected chi connectivity index (χ1v) is 10.1. The molecule has 0 bridgehead atoms. The van der Waals surface area contributed by atoms with Crippen LogP contribution < -0.4 is 5.32 Å². The number of likely N-dealkylation sites (tertiary alicyclic amines) is 1. The van der Waals surface area contributed by atoms with Gasteiger partial charge in [0.15, 0.2) is 0 Å². The molecular formula is C20H29N5O3. The van der Waals surface area contributed by atoms with E-state index in [1.807, 2.05) is 18.3 Å². The first-order valence-electron chi connectivity index (χ1n) is 10.1. The third-order valence-electron chi connectivity index (χ3n) is 5.57. The minimum Gasteiger partial charge on any atom is -0.467 e. The summed E-state index contributed by atoms with van der Waals surface area (Å²) in [5, 5.41) is 10.5. The van der Waals surface area contributed by atoms with Crippen molar-refractivity contribution in [2.75, 3.05) is 45.9 Å². The van der Waals surface area contributed by atoms with Crippen molar-refractivity contribution < 1.29 is 13.9 Å². The van der Waals surface area contributed by atoms with Crippen LogP contribution in [-0.2, 0) is 22.6 Å². The highest BCUT2D eigenvalue weighted by Gasteiger charge is 2.26. The molecule has 28 heavy (non-hydrogen) atoms. The Bertz CT molecular complexity index is 739. The number of carbonyl (C=O) groups is 1. The van der Waals surface area contributed by atoms with Gasteiger partial charge in [-0.2, -0.15) is 5.10 Å². The van der Waals surface area contributed by atoms with Gasteiger partial charge in [0.05, 0.1) is 38.8 Å². The van der Waals surface area contributed by atoms with Crippen LogP contribution in [0.5, 0.6) is 0 Å². The molecule has 0 saturated carbocycles. The summed E-state index contributed by atoms with van der Waals surface area (Å²) >= 11 is 0. The predicted octanol–water partition coefficient (Wildman–Crippen LogP) is 1.33. The Morgan fingerprint density at radius 3 is 3.00 bits per heavy atom. The molecule has 2 aliphatic rings. The molecule has 4 heterocycles. The lowest BCUT2D eigenvalue weighted by molar-refractivity contribution is -0.122. The molecule has 2 saturated heterocycles. The van der Waals surface area contributed by atoms with Gasteiger partial charge in [-0.05, 0) is 31.5 Å². The maximum Gasteiger partial charge on any atom is 0.234 e. The number of aromatic nitrogens is 2. The molecule has 2 fully saturated rings. The molecule has 2 aromatic heterocycles. The molecule has 1 atom stereocenters. The molecule has 1 unspecified atom stereocenters. The Kier molecular flexibility index (Phi) is 6.41. The smallest absolute Gasteiger partial charge is 0.234 e. The molecule has 0 spiro atoms. The van der Waals surface area contributed by atoms with Crippen LogP contribution in [0.15, 0.2) is 29.0 Å². The van der Waals surface area contributed by atoms with Crippen LogP contribution in [0.4, 0.5) is 0 Å². The van der Waals surface area contributed by atoms with Crippen LogP contribution in [0, 0.1) is 0 Å². The second-order valence-corrected chi connectivity index (χ2v) is 7.63. The number of morpholine rings is 1. The van der Waals surface area contributed by atoms with E-state index in [-0.39, 0.29) is 5.91 Å². The van der Waals surface area contributed by atoms with Crippen molar-refractivity contribution in [2.45, 2.75) is 31.8 Å². The number of hydrogen-bond donors (Lipinski definition) is 2. The van der Waals surface area contributed by atoms with E-state index in [4.69, 9.17) is 9.15 Å². The lowest BCUT2D eigenvalue weighted by Gasteiger charge is -2.33. The zero-order chi connectivity index (χ0) is 19.2. The van der Waals surface area contributed by atoms with E-state index in [1.165, 1.54) is 11.3 Å². The zero-order valence-corrected chi connectivity index (χ0v) is 16.2. The number of nitrogens with zero attached hydrogens (tertiary/aromatic N) is 3. The Hall–Kier alpha value is -2.16. The molecule has 8 nitrogen and oxygen atoms in total. The summed E-state index contributed by atoms with van der Waals surface area (Å²) in [5.41, 5.74) is 2.50. The second-order valence-electron chi connectivity index (χ2n) is 7.63. The Morgan fingerprint density at radius 2 is 2.18 bits per heavy atom. The number of H-pyrrole nitrogens is 1. The van der Waals surface area contributed by atoms with E-state index in [9.17, 15) is 4.79 Å². The Balaban J connectivity index is 1.30. The van der Waals surface area contributed by atoms with Gasteiger partial charge in [-0.3, -0.25) is 19.7 Å². The summed E-state index contributed by atoms with van der Waals surface area (Å²) in [6.45, 7) is 7.15. The monoisotopic (exact) mass is 387 g/mol. The topological polar surface area (TPSA) is 86.6 Å². The summed E-state index contributed by atoms with van der Waals surface area (Å²) in [4.78, 5) is 17.0.